The number of allylic oxidation sites excluding steroid dienone is 3. The summed E-state index contributed by atoms with van der Waals surface area (Å²) >= 11 is 0. The van der Waals surface area contributed by atoms with E-state index in [0.29, 0.717) is 13.2 Å². The molecule has 3 aliphatic heterocycles. The summed E-state index contributed by atoms with van der Waals surface area (Å²) < 4.78 is 17.5. The first kappa shape index (κ1) is 13.0. The van der Waals surface area contributed by atoms with Crippen LogP contribution in [0.15, 0.2) is 34.5 Å². The van der Waals surface area contributed by atoms with E-state index in [1.165, 1.54) is 22.2 Å². The van der Waals surface area contributed by atoms with E-state index in [1.807, 2.05) is 13.0 Å². The van der Waals surface area contributed by atoms with Crippen LogP contribution in [-0.4, -0.2) is 32.5 Å². The fourth-order valence-corrected chi connectivity index (χ4v) is 3.09. The van der Waals surface area contributed by atoms with Gasteiger partial charge in [0.2, 0.25) is 0 Å². The molecule has 0 aromatic rings. The van der Waals surface area contributed by atoms with Crippen molar-refractivity contribution in [1.29, 1.82) is 0 Å². The normalized spacial score (nSPS) is 29.5. The summed E-state index contributed by atoms with van der Waals surface area (Å²) in [5.41, 5.74) is 10.8. The fourth-order valence-electron chi connectivity index (χ4n) is 3.09. The smallest absolute Gasteiger partial charge is 0.495 e. The minimum atomic E-state index is -0.277. The lowest BCUT2D eigenvalue weighted by Crippen LogP contribution is -2.40. The number of ether oxygens (including phenoxy) is 1. The molecule has 0 aliphatic carbocycles. The van der Waals surface area contributed by atoms with E-state index >= 15 is 0 Å². The van der Waals surface area contributed by atoms with Gasteiger partial charge in [-0.05, 0) is 41.6 Å². The maximum atomic E-state index is 6.03. The van der Waals surface area contributed by atoms with Gasteiger partial charge in [0.15, 0.2) is 0 Å². The molecule has 19 heavy (non-hydrogen) atoms. The molecule has 0 saturated carbocycles. The van der Waals surface area contributed by atoms with Crippen LogP contribution in [0.5, 0.6) is 0 Å². The Bertz CT molecular complexity index is 469. The van der Waals surface area contributed by atoms with Crippen molar-refractivity contribution in [2.75, 3.05) is 13.2 Å². The van der Waals surface area contributed by atoms with Gasteiger partial charge < -0.3 is 19.8 Å². The summed E-state index contributed by atoms with van der Waals surface area (Å²) in [6.45, 7) is 5.30. The molecule has 3 heterocycles. The molecule has 0 bridgehead atoms. The van der Waals surface area contributed by atoms with Crippen LogP contribution in [0.1, 0.15) is 26.7 Å². The predicted molar refractivity (Wildman–Crippen MR) is 74.3 cm³/mol. The van der Waals surface area contributed by atoms with E-state index in [2.05, 4.69) is 6.92 Å². The molecule has 3 aliphatic rings. The number of nitrogens with two attached hydrogens (primary N) is 1. The summed E-state index contributed by atoms with van der Waals surface area (Å²) in [5.74, 6) is 0. The molecule has 2 atom stereocenters. The summed E-state index contributed by atoms with van der Waals surface area (Å²) in [4.78, 5) is 0. The van der Waals surface area contributed by atoms with Gasteiger partial charge in [-0.3, -0.25) is 0 Å². The van der Waals surface area contributed by atoms with Crippen molar-refractivity contribution >= 4 is 7.12 Å². The zero-order valence-electron chi connectivity index (χ0n) is 11.5. The molecule has 4 nitrogen and oxygen atoms in total. The van der Waals surface area contributed by atoms with Gasteiger partial charge in [0.1, 0.15) is 6.61 Å². The Morgan fingerprint density at radius 2 is 2.26 bits per heavy atom. The first-order valence-electron chi connectivity index (χ1n) is 7.01. The second-order valence-corrected chi connectivity index (χ2v) is 5.21. The largest absolute Gasteiger partial charge is 0.497 e. The standard InChI is InChI=1S/C14H20BNO3/c1-3-4-10-11-5-6-17-8-12-9(2)18-15(14(11)12)19-13(10)7-16/h5-6,9,13H,3-4,7-8,16H2,1-2H3/t9?,13-/m1/s1. The molecule has 0 fully saturated rings. The van der Waals surface area contributed by atoms with E-state index < -0.39 is 0 Å². The lowest BCUT2D eigenvalue weighted by molar-refractivity contribution is 0.144. The van der Waals surface area contributed by atoms with Crippen LogP contribution in [0.4, 0.5) is 0 Å². The van der Waals surface area contributed by atoms with Crippen molar-refractivity contribution in [3.05, 3.63) is 34.5 Å². The zero-order valence-corrected chi connectivity index (χ0v) is 11.5. The molecule has 0 aromatic heterocycles. The van der Waals surface area contributed by atoms with Crippen LogP contribution in [0.25, 0.3) is 0 Å². The molecule has 1 unspecified atom stereocenters. The van der Waals surface area contributed by atoms with E-state index in [4.69, 9.17) is 19.8 Å². The third-order valence-electron chi connectivity index (χ3n) is 4.02. The second kappa shape index (κ2) is 5.15. The van der Waals surface area contributed by atoms with Crippen LogP contribution in [0.3, 0.4) is 0 Å². The molecular weight excluding hydrogens is 241 g/mol. The summed E-state index contributed by atoms with van der Waals surface area (Å²) in [7, 11) is -0.277. The Hall–Kier alpha value is -1.04. The average Bonchev–Trinajstić information content (AvgIpc) is 2.61. The highest BCUT2D eigenvalue weighted by Crippen LogP contribution is 2.40. The molecule has 102 valence electrons. The zero-order chi connectivity index (χ0) is 13.4. The van der Waals surface area contributed by atoms with E-state index in [0.717, 1.165) is 12.8 Å². The Morgan fingerprint density at radius 1 is 1.42 bits per heavy atom. The lowest BCUT2D eigenvalue weighted by atomic mass is 9.68. The minimum absolute atomic E-state index is 0.0435. The van der Waals surface area contributed by atoms with Crippen molar-refractivity contribution in [2.45, 2.75) is 38.9 Å². The van der Waals surface area contributed by atoms with Gasteiger partial charge in [0, 0.05) is 6.54 Å². The topological polar surface area (TPSA) is 53.7 Å². The predicted octanol–water partition coefficient (Wildman–Crippen LogP) is 1.73. The number of hydrogen-bond donors (Lipinski definition) is 1. The molecule has 0 saturated heterocycles. The van der Waals surface area contributed by atoms with Gasteiger partial charge in [-0.25, -0.2) is 0 Å². The van der Waals surface area contributed by atoms with Crippen LogP contribution in [0.2, 0.25) is 0 Å². The van der Waals surface area contributed by atoms with Crippen molar-refractivity contribution in [1.82, 2.24) is 0 Å². The summed E-state index contributed by atoms with van der Waals surface area (Å²) in [5, 5.41) is 0. The Morgan fingerprint density at radius 3 is 3.00 bits per heavy atom. The molecule has 0 radical (unpaired) electrons. The average molecular weight is 261 g/mol. The fraction of sp³-hybridized carbons (Fsp3) is 0.571. The van der Waals surface area contributed by atoms with E-state index in [-0.39, 0.29) is 19.3 Å². The molecule has 0 aromatic carbocycles. The van der Waals surface area contributed by atoms with Gasteiger partial charge in [0.25, 0.3) is 0 Å². The Labute approximate surface area is 114 Å². The van der Waals surface area contributed by atoms with Crippen LogP contribution in [0, 0.1) is 0 Å². The highest BCUT2D eigenvalue weighted by Gasteiger charge is 2.45. The van der Waals surface area contributed by atoms with E-state index in [1.54, 1.807) is 6.26 Å². The monoisotopic (exact) mass is 261 g/mol. The summed E-state index contributed by atoms with van der Waals surface area (Å²) in [6.07, 6.45) is 5.92. The van der Waals surface area contributed by atoms with Gasteiger partial charge in [-0.1, -0.05) is 13.3 Å². The molecule has 5 heteroatoms. The molecule has 0 spiro atoms. The van der Waals surface area contributed by atoms with Gasteiger partial charge >= 0.3 is 7.12 Å². The van der Waals surface area contributed by atoms with E-state index in [9.17, 15) is 0 Å². The third kappa shape index (κ3) is 2.06. The van der Waals surface area contributed by atoms with Crippen molar-refractivity contribution in [3.8, 4) is 0 Å². The molecule has 3 rings (SSSR count). The number of rotatable bonds is 3. The van der Waals surface area contributed by atoms with Crippen molar-refractivity contribution < 1.29 is 14.0 Å². The highest BCUT2D eigenvalue weighted by molar-refractivity contribution is 6.57. The maximum absolute atomic E-state index is 6.03. The maximum Gasteiger partial charge on any atom is 0.495 e. The highest BCUT2D eigenvalue weighted by atomic mass is 16.6. The first-order valence-corrected chi connectivity index (χ1v) is 7.01. The van der Waals surface area contributed by atoms with Gasteiger partial charge in [-0.15, -0.1) is 0 Å². The van der Waals surface area contributed by atoms with Gasteiger partial charge in [0.05, 0.1) is 18.5 Å². The SMILES string of the molecule is CCCC1=C2C=COCC3=C2B(OC3C)O[C@@H]1CN. The van der Waals surface area contributed by atoms with Gasteiger partial charge in [-0.2, -0.15) is 0 Å². The Kier molecular flexibility index (Phi) is 3.52. The first-order chi connectivity index (χ1) is 9.26. The molecule has 0 amide bonds. The van der Waals surface area contributed by atoms with Crippen LogP contribution in [-0.2, 0) is 14.0 Å². The van der Waals surface area contributed by atoms with Crippen LogP contribution >= 0.6 is 0 Å². The summed E-state index contributed by atoms with van der Waals surface area (Å²) in [6, 6.07) is 0. The molecule has 2 N–H and O–H groups in total. The van der Waals surface area contributed by atoms with Crippen LogP contribution < -0.4 is 5.73 Å². The molecular formula is C14H20BNO3. The Balaban J connectivity index is 2.12. The quantitative estimate of drug-likeness (QED) is 0.786. The lowest BCUT2D eigenvalue weighted by Gasteiger charge is -2.30. The second-order valence-electron chi connectivity index (χ2n) is 5.21. The third-order valence-corrected chi connectivity index (χ3v) is 4.02. The number of hydrogen-bond acceptors (Lipinski definition) is 4. The van der Waals surface area contributed by atoms with Crippen molar-refractivity contribution in [3.63, 3.8) is 0 Å². The van der Waals surface area contributed by atoms with Crippen molar-refractivity contribution in [2.24, 2.45) is 5.73 Å². The minimum Gasteiger partial charge on any atom is -0.497 e.